The topological polar surface area (TPSA) is 52.7 Å². The van der Waals surface area contributed by atoms with Crippen LogP contribution in [-0.2, 0) is 10.0 Å². The Hall–Kier alpha value is -0.170. The van der Waals surface area contributed by atoms with Crippen molar-refractivity contribution in [1.29, 1.82) is 0 Å². The highest BCUT2D eigenvalue weighted by Gasteiger charge is 2.32. The Labute approximate surface area is 111 Å². The quantitative estimate of drug-likeness (QED) is 0.782. The molecule has 106 valence electrons. The van der Waals surface area contributed by atoms with E-state index >= 15 is 0 Å². The summed E-state index contributed by atoms with van der Waals surface area (Å²) in [7, 11) is 0.752. The Morgan fingerprint density at radius 2 is 1.94 bits per heavy atom. The fourth-order valence-electron chi connectivity index (χ4n) is 2.99. The average molecular weight is 275 g/mol. The summed E-state index contributed by atoms with van der Waals surface area (Å²) in [5, 5.41) is 3.04. The van der Waals surface area contributed by atoms with Crippen LogP contribution >= 0.6 is 0 Å². The van der Waals surface area contributed by atoms with Crippen LogP contribution in [0.4, 0.5) is 0 Å². The van der Waals surface area contributed by atoms with Gasteiger partial charge in [0.1, 0.15) is 0 Å². The first kappa shape index (κ1) is 14.2. The van der Waals surface area contributed by atoms with E-state index in [2.05, 4.69) is 17.3 Å². The molecule has 6 heteroatoms. The van der Waals surface area contributed by atoms with Crippen LogP contribution in [0.5, 0.6) is 0 Å². The SMILES string of the molecule is CN1CCC(CN(C)S(=O)(=O)C2CCNCC2)C1. The van der Waals surface area contributed by atoms with Crippen LogP contribution in [0.25, 0.3) is 0 Å². The number of nitrogens with zero attached hydrogens (tertiary/aromatic N) is 2. The van der Waals surface area contributed by atoms with Crippen molar-refractivity contribution >= 4 is 10.0 Å². The summed E-state index contributed by atoms with van der Waals surface area (Å²) in [4.78, 5) is 2.27. The standard InChI is InChI=1S/C12H25N3O2S/c1-14-8-5-11(9-14)10-15(2)18(16,17)12-3-6-13-7-4-12/h11-13H,3-10H2,1-2H3. The Kier molecular flexibility index (Phi) is 4.64. The molecule has 0 radical (unpaired) electrons. The third-order valence-electron chi connectivity index (χ3n) is 4.15. The highest BCUT2D eigenvalue weighted by atomic mass is 32.2. The van der Waals surface area contributed by atoms with Gasteiger partial charge in [0.2, 0.25) is 10.0 Å². The van der Waals surface area contributed by atoms with Gasteiger partial charge in [0.15, 0.2) is 0 Å². The van der Waals surface area contributed by atoms with Gasteiger partial charge in [-0.3, -0.25) is 0 Å². The molecule has 2 heterocycles. The molecule has 1 N–H and O–H groups in total. The van der Waals surface area contributed by atoms with E-state index in [0.717, 1.165) is 45.4 Å². The zero-order chi connectivity index (χ0) is 13.2. The summed E-state index contributed by atoms with van der Waals surface area (Å²) in [6.45, 7) is 4.43. The molecule has 1 atom stereocenters. The van der Waals surface area contributed by atoms with E-state index in [4.69, 9.17) is 0 Å². The first-order valence-electron chi connectivity index (χ1n) is 6.84. The second-order valence-electron chi connectivity index (χ2n) is 5.69. The minimum atomic E-state index is -3.09. The highest BCUT2D eigenvalue weighted by molar-refractivity contribution is 7.89. The van der Waals surface area contributed by atoms with Crippen molar-refractivity contribution in [1.82, 2.24) is 14.5 Å². The molecule has 2 fully saturated rings. The van der Waals surface area contributed by atoms with E-state index in [9.17, 15) is 8.42 Å². The zero-order valence-electron chi connectivity index (χ0n) is 11.4. The highest BCUT2D eigenvalue weighted by Crippen LogP contribution is 2.21. The molecular weight excluding hydrogens is 250 g/mol. The number of sulfonamides is 1. The molecule has 2 aliphatic rings. The monoisotopic (exact) mass is 275 g/mol. The van der Waals surface area contributed by atoms with Crippen LogP contribution in [0.2, 0.25) is 0 Å². The molecule has 0 saturated carbocycles. The van der Waals surface area contributed by atoms with Gasteiger partial charge in [-0.05, 0) is 51.9 Å². The predicted octanol–water partition coefficient (Wildman–Crippen LogP) is -0.0483. The number of nitrogens with one attached hydrogen (secondary N) is 1. The number of rotatable bonds is 4. The van der Waals surface area contributed by atoms with Crippen molar-refractivity contribution in [2.75, 3.05) is 46.8 Å². The predicted molar refractivity (Wildman–Crippen MR) is 73.0 cm³/mol. The molecule has 1 unspecified atom stereocenters. The summed E-state index contributed by atoms with van der Waals surface area (Å²) in [6.07, 6.45) is 2.61. The van der Waals surface area contributed by atoms with Gasteiger partial charge in [-0.1, -0.05) is 0 Å². The molecule has 0 aliphatic carbocycles. The van der Waals surface area contributed by atoms with Gasteiger partial charge in [0.05, 0.1) is 5.25 Å². The smallest absolute Gasteiger partial charge is 0.216 e. The lowest BCUT2D eigenvalue weighted by Crippen LogP contribution is -2.44. The zero-order valence-corrected chi connectivity index (χ0v) is 12.2. The first-order chi connectivity index (χ1) is 8.50. The lowest BCUT2D eigenvalue weighted by molar-refractivity contribution is 0.351. The van der Waals surface area contributed by atoms with E-state index in [1.807, 2.05) is 0 Å². The maximum absolute atomic E-state index is 12.4. The van der Waals surface area contributed by atoms with Crippen molar-refractivity contribution in [3.8, 4) is 0 Å². The van der Waals surface area contributed by atoms with Gasteiger partial charge in [-0.2, -0.15) is 0 Å². The first-order valence-corrected chi connectivity index (χ1v) is 8.35. The average Bonchev–Trinajstić information content (AvgIpc) is 2.76. The number of likely N-dealkylation sites (tertiary alicyclic amines) is 1. The molecule has 2 aliphatic heterocycles. The molecular formula is C12H25N3O2S. The van der Waals surface area contributed by atoms with E-state index in [0.29, 0.717) is 12.5 Å². The van der Waals surface area contributed by atoms with Crippen LogP contribution in [-0.4, -0.2) is 69.7 Å². The summed E-state index contributed by atoms with van der Waals surface area (Å²) < 4.78 is 26.5. The summed E-state index contributed by atoms with van der Waals surface area (Å²) in [6, 6.07) is 0. The Balaban J connectivity index is 1.92. The largest absolute Gasteiger partial charge is 0.317 e. The molecule has 18 heavy (non-hydrogen) atoms. The van der Waals surface area contributed by atoms with E-state index < -0.39 is 10.0 Å². The summed E-state index contributed by atoms with van der Waals surface area (Å²) >= 11 is 0. The van der Waals surface area contributed by atoms with Crippen molar-refractivity contribution in [3.05, 3.63) is 0 Å². The van der Waals surface area contributed by atoms with Gasteiger partial charge in [-0.15, -0.1) is 0 Å². The Bertz CT molecular complexity index is 366. The Morgan fingerprint density at radius 3 is 2.50 bits per heavy atom. The maximum Gasteiger partial charge on any atom is 0.216 e. The van der Waals surface area contributed by atoms with Gasteiger partial charge in [0, 0.05) is 20.1 Å². The van der Waals surface area contributed by atoms with E-state index in [-0.39, 0.29) is 5.25 Å². The van der Waals surface area contributed by atoms with Crippen molar-refractivity contribution < 1.29 is 8.42 Å². The van der Waals surface area contributed by atoms with Crippen molar-refractivity contribution in [2.45, 2.75) is 24.5 Å². The minimum Gasteiger partial charge on any atom is -0.317 e. The molecule has 0 aromatic heterocycles. The fraction of sp³-hybridized carbons (Fsp3) is 1.00. The van der Waals surface area contributed by atoms with Crippen LogP contribution in [0.15, 0.2) is 0 Å². The van der Waals surface area contributed by atoms with Crippen LogP contribution in [0.1, 0.15) is 19.3 Å². The molecule has 2 rings (SSSR count). The second-order valence-corrected chi connectivity index (χ2v) is 8.01. The molecule has 0 amide bonds. The molecule has 0 aromatic carbocycles. The van der Waals surface area contributed by atoms with Crippen LogP contribution in [0.3, 0.4) is 0 Å². The van der Waals surface area contributed by atoms with Crippen molar-refractivity contribution in [3.63, 3.8) is 0 Å². The summed E-state index contributed by atoms with van der Waals surface area (Å²) in [5.41, 5.74) is 0. The number of piperidine rings is 1. The normalized spacial score (nSPS) is 28.1. The third kappa shape index (κ3) is 3.23. The van der Waals surface area contributed by atoms with Gasteiger partial charge < -0.3 is 10.2 Å². The minimum absolute atomic E-state index is 0.178. The molecule has 0 aromatic rings. The number of hydrogen-bond donors (Lipinski definition) is 1. The lowest BCUT2D eigenvalue weighted by Gasteiger charge is -2.29. The van der Waals surface area contributed by atoms with E-state index in [1.165, 1.54) is 0 Å². The van der Waals surface area contributed by atoms with Gasteiger partial charge in [0.25, 0.3) is 0 Å². The molecule has 5 nitrogen and oxygen atoms in total. The molecule has 0 bridgehead atoms. The Morgan fingerprint density at radius 1 is 1.28 bits per heavy atom. The molecule has 0 spiro atoms. The fourth-order valence-corrected chi connectivity index (χ4v) is 4.75. The third-order valence-corrected chi connectivity index (χ3v) is 6.48. The van der Waals surface area contributed by atoms with Crippen LogP contribution < -0.4 is 5.32 Å². The van der Waals surface area contributed by atoms with Gasteiger partial charge >= 0.3 is 0 Å². The number of hydrogen-bond acceptors (Lipinski definition) is 4. The van der Waals surface area contributed by atoms with Crippen LogP contribution in [0, 0.1) is 5.92 Å². The summed E-state index contributed by atoms with van der Waals surface area (Å²) in [5.74, 6) is 0.497. The van der Waals surface area contributed by atoms with E-state index in [1.54, 1.807) is 11.4 Å². The van der Waals surface area contributed by atoms with Gasteiger partial charge in [-0.25, -0.2) is 12.7 Å². The molecule has 2 saturated heterocycles. The second kappa shape index (κ2) is 5.86. The lowest BCUT2D eigenvalue weighted by atomic mass is 10.1. The maximum atomic E-state index is 12.4. The van der Waals surface area contributed by atoms with Crippen molar-refractivity contribution in [2.24, 2.45) is 5.92 Å².